The van der Waals surface area contributed by atoms with Crippen molar-refractivity contribution < 1.29 is 36.3 Å². The first kappa shape index (κ1) is 30.1. The molecule has 2 unspecified atom stereocenters. The van der Waals surface area contributed by atoms with Crippen molar-refractivity contribution in [1.82, 2.24) is 9.80 Å². The van der Waals surface area contributed by atoms with Crippen molar-refractivity contribution >= 4 is 43.9 Å². The van der Waals surface area contributed by atoms with E-state index in [1.54, 1.807) is 12.1 Å². The predicted octanol–water partition coefficient (Wildman–Crippen LogP) is 2.37. The Labute approximate surface area is 218 Å². The van der Waals surface area contributed by atoms with Crippen LogP contribution in [0.1, 0.15) is 30.7 Å². The molecule has 1 aromatic carbocycles. The third kappa shape index (κ3) is 8.67. The molecule has 5 nitrogen and oxygen atoms in total. The second kappa shape index (κ2) is 16.6. The maximum atomic E-state index is 13.2. The quantitative estimate of drug-likeness (QED) is 0.340. The van der Waals surface area contributed by atoms with Gasteiger partial charge in [0, 0.05) is 18.0 Å². The van der Waals surface area contributed by atoms with Crippen LogP contribution in [0.15, 0.2) is 24.3 Å². The first-order chi connectivity index (χ1) is 15.5. The number of hydrogen-bond acceptors (Lipinski definition) is 8. The fraction of sp³-hybridized carbons (Fsp3) is 0.682. The van der Waals surface area contributed by atoms with E-state index < -0.39 is 0 Å². The Balaban J connectivity index is 0.000000436. The molecule has 0 aliphatic carbocycles. The van der Waals surface area contributed by atoms with Crippen LogP contribution < -0.4 is 0 Å². The molecule has 32 heavy (non-hydrogen) atoms. The van der Waals surface area contributed by atoms with E-state index in [9.17, 15) is 9.18 Å². The zero-order chi connectivity index (χ0) is 24.1. The average Bonchev–Trinajstić information content (AvgIpc) is 3.07. The molecule has 179 valence electrons. The molecule has 0 amide bonds. The molecule has 1 aromatic rings. The number of halogens is 1. The summed E-state index contributed by atoms with van der Waals surface area (Å²) in [5.41, 5.74) is 1.03. The van der Waals surface area contributed by atoms with Gasteiger partial charge in [-0.05, 0) is 63.6 Å². The molecule has 0 radical (unpaired) electrons. The van der Waals surface area contributed by atoms with Gasteiger partial charge in [-0.25, -0.2) is 4.39 Å². The van der Waals surface area contributed by atoms with E-state index in [4.69, 9.17) is 46.1 Å². The van der Waals surface area contributed by atoms with Crippen molar-refractivity contribution in [2.24, 2.45) is 5.92 Å². The summed E-state index contributed by atoms with van der Waals surface area (Å²) in [6.45, 7) is 2.84. The number of rotatable bonds is 8. The fourth-order valence-corrected chi connectivity index (χ4v) is 5.53. The molecule has 0 spiro atoms. The molecule has 2 saturated heterocycles. The monoisotopic (exact) mass is 586 g/mol. The van der Waals surface area contributed by atoms with Crippen LogP contribution >= 0.6 is 0 Å². The van der Waals surface area contributed by atoms with Crippen LogP contribution in [-0.2, 0) is 69.8 Å². The van der Waals surface area contributed by atoms with Crippen molar-refractivity contribution in [3.63, 3.8) is 0 Å². The Morgan fingerprint density at radius 2 is 1.72 bits per heavy atom. The Morgan fingerprint density at radius 3 is 2.22 bits per heavy atom. The number of carbonyl (C=O) groups excluding carboxylic acids is 1. The van der Waals surface area contributed by atoms with Crippen molar-refractivity contribution in [1.29, 1.82) is 0 Å². The Bertz CT molecular complexity index is 668. The third-order valence-electron chi connectivity index (χ3n) is 6.13. The summed E-state index contributed by atoms with van der Waals surface area (Å²) < 4.78 is 26.5. The Hall–Kier alpha value is 0.0394. The second-order valence-electron chi connectivity index (χ2n) is 7.89. The van der Waals surface area contributed by atoms with E-state index in [0.717, 1.165) is 74.8 Å². The van der Waals surface area contributed by atoms with Gasteiger partial charge >= 0.3 is 28.3 Å². The van der Waals surface area contributed by atoms with Gasteiger partial charge in [0.2, 0.25) is 0 Å². The molecule has 2 aliphatic rings. The van der Waals surface area contributed by atoms with Crippen LogP contribution in [0.2, 0.25) is 0 Å². The number of esters is 1. The molecule has 2 aliphatic heterocycles. The first-order valence-electron chi connectivity index (χ1n) is 10.6. The molecular formula is C22H32FN2O3S3Tc+. The van der Waals surface area contributed by atoms with E-state index in [-0.39, 0.29) is 29.7 Å². The van der Waals surface area contributed by atoms with Crippen LogP contribution in [0.3, 0.4) is 0 Å². The topological polar surface area (TPSA) is 49.9 Å². The Kier molecular flexibility index (Phi) is 15.6. The van der Waals surface area contributed by atoms with E-state index >= 15 is 0 Å². The van der Waals surface area contributed by atoms with E-state index in [1.807, 2.05) is 7.05 Å². The molecule has 2 bridgehead atoms. The van der Waals surface area contributed by atoms with Crippen LogP contribution in [0.4, 0.5) is 4.39 Å². The summed E-state index contributed by atoms with van der Waals surface area (Å²) in [5.74, 6) is 1.82. The van der Waals surface area contributed by atoms with Gasteiger partial charge in [-0.3, -0.25) is 9.69 Å². The average molecular weight is 587 g/mol. The summed E-state index contributed by atoms with van der Waals surface area (Å²) in [6.07, 6.45) is 3.03. The SMILES string of the molecule is CN(CC[S-])CC[S-].COC(=O)[C@@H]1C2CCC(C[C@@H]1c1ccc(F)cc1)N2CC[S-].[O]=[99Tc+4]. The first-order valence-corrected chi connectivity index (χ1v) is 13.1. The van der Waals surface area contributed by atoms with Gasteiger partial charge < -0.3 is 47.5 Å². The fourth-order valence-electron chi connectivity index (χ4n) is 4.70. The number of fused-ring (bicyclic) bond motifs is 2. The number of hydrogen-bond donors (Lipinski definition) is 0. The number of nitrogens with zero attached hydrogens (tertiary/aromatic N) is 2. The van der Waals surface area contributed by atoms with Gasteiger partial charge in [-0.1, -0.05) is 12.1 Å². The number of benzene rings is 1. The van der Waals surface area contributed by atoms with Crippen molar-refractivity contribution in [3.8, 4) is 0 Å². The van der Waals surface area contributed by atoms with E-state index in [1.165, 1.54) is 19.2 Å². The Morgan fingerprint density at radius 1 is 1.12 bits per heavy atom. The van der Waals surface area contributed by atoms with Gasteiger partial charge in [0.05, 0.1) is 13.0 Å². The summed E-state index contributed by atoms with van der Waals surface area (Å²) >= 11 is 15.6. The van der Waals surface area contributed by atoms with Crippen LogP contribution in [0.5, 0.6) is 0 Å². The molecule has 0 saturated carbocycles. The molecule has 0 N–H and O–H groups in total. The molecule has 4 atom stereocenters. The van der Waals surface area contributed by atoms with E-state index in [2.05, 4.69) is 9.80 Å². The zero-order valence-electron chi connectivity index (χ0n) is 18.6. The van der Waals surface area contributed by atoms with Crippen molar-refractivity contribution in [2.75, 3.05) is 51.1 Å². The van der Waals surface area contributed by atoms with Crippen LogP contribution in [0.25, 0.3) is 0 Å². The van der Waals surface area contributed by atoms with Crippen LogP contribution in [0, 0.1) is 11.7 Å². The molecule has 2 heterocycles. The number of piperidine rings is 1. The van der Waals surface area contributed by atoms with Gasteiger partial charge in [0.25, 0.3) is 0 Å². The molecule has 2 fully saturated rings. The second-order valence-corrected chi connectivity index (χ2v) is 9.12. The predicted molar refractivity (Wildman–Crippen MR) is 128 cm³/mol. The van der Waals surface area contributed by atoms with Crippen molar-refractivity contribution in [2.45, 2.75) is 37.3 Å². The molecule has 10 heteroatoms. The zero-order valence-corrected chi connectivity index (χ0v) is 22.9. The summed E-state index contributed by atoms with van der Waals surface area (Å²) in [7, 11) is 3.49. The van der Waals surface area contributed by atoms with Gasteiger partial charge in [-0.15, -0.1) is 0 Å². The molecule has 0 aromatic heterocycles. The standard InChI is InChI=1S/C17H22FNO2S.C5H13NS2.O.Tc/c1-21-17(20)16-14(11-2-4-12(18)5-3-11)10-13-6-7-15(16)19(13)8-9-22;1-6(2-4-7)3-5-8;;/h2-5,13-16,22H,6-10H2,1H3;7-8H,2-5H2,1H3;;/q;;;+4/p-3/t13?,14-,15?,16+;;;/m1.../s1/i;;;1+1. The number of methoxy groups -OCH3 is 1. The van der Waals surface area contributed by atoms with Gasteiger partial charge in [0.1, 0.15) is 5.82 Å². The normalized spacial score (nSPS) is 24.3. The molecule has 3 rings (SSSR count). The summed E-state index contributed by atoms with van der Waals surface area (Å²) in [6, 6.07) is 7.23. The van der Waals surface area contributed by atoms with Crippen LogP contribution in [-0.4, -0.2) is 78.9 Å². The summed E-state index contributed by atoms with van der Waals surface area (Å²) in [4.78, 5) is 17.0. The van der Waals surface area contributed by atoms with Gasteiger partial charge in [-0.2, -0.15) is 17.3 Å². The van der Waals surface area contributed by atoms with Gasteiger partial charge in [0.15, 0.2) is 0 Å². The summed E-state index contributed by atoms with van der Waals surface area (Å²) in [5, 5.41) is 0. The van der Waals surface area contributed by atoms with Crippen molar-refractivity contribution in [3.05, 3.63) is 35.6 Å². The third-order valence-corrected chi connectivity index (χ3v) is 6.68. The molecular weight excluding hydrogens is 554 g/mol. The maximum absolute atomic E-state index is 13.2. The number of ether oxygens (including phenoxy) is 1. The number of carbonyl (C=O) groups is 1. The van der Waals surface area contributed by atoms with E-state index in [0.29, 0.717) is 11.8 Å². The minimum atomic E-state index is -0.245. The minimum absolute atomic E-state index is 0.104.